The average Bonchev–Trinajstić information content (AvgIpc) is 3.11. The first-order chi connectivity index (χ1) is 14.0. The summed E-state index contributed by atoms with van der Waals surface area (Å²) in [6.45, 7) is 4.23. The Hall–Kier alpha value is -2.94. The van der Waals surface area contributed by atoms with Crippen molar-refractivity contribution in [1.29, 1.82) is 0 Å². The van der Waals surface area contributed by atoms with E-state index in [1.807, 2.05) is 11.5 Å². The Morgan fingerprint density at radius 2 is 2.00 bits per heavy atom. The van der Waals surface area contributed by atoms with Crippen molar-refractivity contribution in [3.05, 3.63) is 66.0 Å². The monoisotopic (exact) mass is 418 g/mol. The van der Waals surface area contributed by atoms with Gasteiger partial charge in [0.15, 0.2) is 28.7 Å². The van der Waals surface area contributed by atoms with Crippen LogP contribution in [0.2, 0.25) is 0 Å². The maximum Gasteiger partial charge on any atom is 0.234 e. The summed E-state index contributed by atoms with van der Waals surface area (Å²) >= 11 is 1.20. The molecule has 0 spiro atoms. The molecule has 3 rings (SSSR count). The molecule has 0 aliphatic rings. The van der Waals surface area contributed by atoms with E-state index in [0.717, 1.165) is 0 Å². The van der Waals surface area contributed by atoms with Crippen molar-refractivity contribution in [3.8, 4) is 5.75 Å². The molecule has 0 radical (unpaired) electrons. The fraction of sp³-hybridized carbons (Fsp3) is 0.250. The van der Waals surface area contributed by atoms with Gasteiger partial charge in [0.2, 0.25) is 5.91 Å². The van der Waals surface area contributed by atoms with E-state index in [9.17, 15) is 13.6 Å². The molecule has 1 atom stereocenters. The molecule has 0 saturated carbocycles. The van der Waals surface area contributed by atoms with Crippen LogP contribution in [0.4, 0.5) is 14.5 Å². The van der Waals surface area contributed by atoms with Crippen molar-refractivity contribution < 1.29 is 18.3 Å². The van der Waals surface area contributed by atoms with Crippen LogP contribution in [0.15, 0.2) is 53.7 Å². The van der Waals surface area contributed by atoms with Gasteiger partial charge in [-0.3, -0.25) is 4.79 Å². The summed E-state index contributed by atoms with van der Waals surface area (Å²) < 4.78 is 34.5. The summed E-state index contributed by atoms with van der Waals surface area (Å²) in [4.78, 5) is 12.1. The van der Waals surface area contributed by atoms with Gasteiger partial charge in [0.05, 0.1) is 5.75 Å². The number of thioether (sulfide) groups is 1. The SMILES string of the molecule is CCn1c(SCC(=O)Nc2cccc(F)c2)nnc1C(C)Oc1ccccc1F. The van der Waals surface area contributed by atoms with E-state index in [1.54, 1.807) is 31.2 Å². The van der Waals surface area contributed by atoms with Crippen molar-refractivity contribution in [1.82, 2.24) is 14.8 Å². The van der Waals surface area contributed by atoms with Gasteiger partial charge in [0, 0.05) is 12.2 Å². The molecule has 0 aliphatic carbocycles. The minimum absolute atomic E-state index is 0.0806. The van der Waals surface area contributed by atoms with E-state index in [4.69, 9.17) is 4.74 Å². The Balaban J connectivity index is 1.64. The lowest BCUT2D eigenvalue weighted by Gasteiger charge is -2.16. The number of benzene rings is 2. The number of hydrogen-bond acceptors (Lipinski definition) is 5. The fourth-order valence-electron chi connectivity index (χ4n) is 2.68. The predicted molar refractivity (Wildman–Crippen MR) is 107 cm³/mol. The zero-order valence-corrected chi connectivity index (χ0v) is 16.7. The predicted octanol–water partition coefficient (Wildman–Crippen LogP) is 4.45. The number of amides is 1. The summed E-state index contributed by atoms with van der Waals surface area (Å²) in [7, 11) is 0. The molecule has 0 aliphatic heterocycles. The largest absolute Gasteiger partial charge is 0.480 e. The number of halogens is 2. The highest BCUT2D eigenvalue weighted by atomic mass is 32.2. The molecule has 29 heavy (non-hydrogen) atoms. The van der Waals surface area contributed by atoms with Gasteiger partial charge in [0.1, 0.15) is 5.82 Å². The summed E-state index contributed by atoms with van der Waals surface area (Å²) in [5, 5.41) is 11.5. The number of nitrogens with one attached hydrogen (secondary N) is 1. The molecule has 152 valence electrons. The van der Waals surface area contributed by atoms with E-state index >= 15 is 0 Å². The lowest BCUT2D eigenvalue weighted by Crippen LogP contribution is -2.15. The van der Waals surface area contributed by atoms with Crippen LogP contribution in [0, 0.1) is 11.6 Å². The number of anilines is 1. The highest BCUT2D eigenvalue weighted by molar-refractivity contribution is 7.99. The number of carbonyl (C=O) groups is 1. The molecule has 1 unspecified atom stereocenters. The summed E-state index contributed by atoms with van der Waals surface area (Å²) in [6.07, 6.45) is -0.533. The zero-order chi connectivity index (χ0) is 20.8. The smallest absolute Gasteiger partial charge is 0.234 e. The van der Waals surface area contributed by atoms with Crippen molar-refractivity contribution in [3.63, 3.8) is 0 Å². The second-order valence-corrected chi connectivity index (χ2v) is 7.07. The Morgan fingerprint density at radius 3 is 2.72 bits per heavy atom. The minimum Gasteiger partial charge on any atom is -0.480 e. The third-order valence-corrected chi connectivity index (χ3v) is 4.97. The first-order valence-corrected chi connectivity index (χ1v) is 9.99. The number of carbonyl (C=O) groups excluding carboxylic acids is 1. The van der Waals surface area contributed by atoms with Gasteiger partial charge in [-0.2, -0.15) is 0 Å². The second kappa shape index (κ2) is 9.51. The van der Waals surface area contributed by atoms with Gasteiger partial charge >= 0.3 is 0 Å². The van der Waals surface area contributed by atoms with E-state index in [1.165, 1.54) is 36.0 Å². The van der Waals surface area contributed by atoms with E-state index in [-0.39, 0.29) is 17.4 Å². The van der Waals surface area contributed by atoms with Crippen molar-refractivity contribution in [2.24, 2.45) is 0 Å². The molecule has 6 nitrogen and oxygen atoms in total. The van der Waals surface area contributed by atoms with E-state index in [0.29, 0.717) is 23.2 Å². The lowest BCUT2D eigenvalue weighted by atomic mass is 10.3. The van der Waals surface area contributed by atoms with Crippen LogP contribution >= 0.6 is 11.8 Å². The molecule has 1 amide bonds. The molecule has 1 aromatic heterocycles. The summed E-state index contributed by atoms with van der Waals surface area (Å²) in [5.41, 5.74) is 0.389. The standard InChI is InChI=1S/C20H20F2N4O2S/c1-3-26-19(13(2)28-17-10-5-4-9-16(17)22)24-25-20(26)29-12-18(27)23-15-8-6-7-14(21)11-15/h4-11,13H,3,12H2,1-2H3,(H,23,27). The Morgan fingerprint density at radius 1 is 1.21 bits per heavy atom. The lowest BCUT2D eigenvalue weighted by molar-refractivity contribution is -0.113. The summed E-state index contributed by atoms with van der Waals surface area (Å²) in [6, 6.07) is 11.8. The molecule has 1 N–H and O–H groups in total. The number of hydrogen-bond donors (Lipinski definition) is 1. The van der Waals surface area contributed by atoms with E-state index < -0.39 is 17.7 Å². The zero-order valence-electron chi connectivity index (χ0n) is 15.9. The normalized spacial score (nSPS) is 11.9. The Kier molecular flexibility index (Phi) is 6.82. The minimum atomic E-state index is -0.533. The van der Waals surface area contributed by atoms with Crippen molar-refractivity contribution in [2.75, 3.05) is 11.1 Å². The maximum atomic E-state index is 13.8. The van der Waals surface area contributed by atoms with Gasteiger partial charge in [-0.1, -0.05) is 30.0 Å². The first kappa shape index (κ1) is 20.8. The number of para-hydroxylation sites is 1. The van der Waals surface area contributed by atoms with Crippen LogP contribution in [0.3, 0.4) is 0 Å². The topological polar surface area (TPSA) is 69.0 Å². The van der Waals surface area contributed by atoms with Crippen LogP contribution in [-0.4, -0.2) is 26.4 Å². The number of ether oxygens (including phenoxy) is 1. The molecular formula is C20H20F2N4O2S. The van der Waals surface area contributed by atoms with Gasteiger partial charge in [-0.15, -0.1) is 10.2 Å². The Bertz CT molecular complexity index is 996. The summed E-state index contributed by atoms with van der Waals surface area (Å²) in [5.74, 6) is -0.418. The van der Waals surface area contributed by atoms with Gasteiger partial charge in [0.25, 0.3) is 0 Å². The second-order valence-electron chi connectivity index (χ2n) is 6.12. The van der Waals surface area contributed by atoms with Gasteiger partial charge in [-0.25, -0.2) is 8.78 Å². The molecule has 9 heteroatoms. The van der Waals surface area contributed by atoms with Gasteiger partial charge in [-0.05, 0) is 44.2 Å². The van der Waals surface area contributed by atoms with Crippen LogP contribution < -0.4 is 10.1 Å². The highest BCUT2D eigenvalue weighted by Gasteiger charge is 2.20. The van der Waals surface area contributed by atoms with Crippen molar-refractivity contribution in [2.45, 2.75) is 31.7 Å². The molecule has 0 saturated heterocycles. The first-order valence-electron chi connectivity index (χ1n) is 9.00. The van der Waals surface area contributed by atoms with Crippen LogP contribution in [-0.2, 0) is 11.3 Å². The third kappa shape index (κ3) is 5.32. The van der Waals surface area contributed by atoms with Crippen LogP contribution in [0.25, 0.3) is 0 Å². The average molecular weight is 418 g/mol. The van der Waals surface area contributed by atoms with Crippen LogP contribution in [0.1, 0.15) is 25.8 Å². The Labute approximate surface area is 171 Å². The number of nitrogens with zero attached hydrogens (tertiary/aromatic N) is 3. The molecule has 2 aromatic carbocycles. The van der Waals surface area contributed by atoms with Crippen molar-refractivity contribution >= 4 is 23.4 Å². The number of rotatable bonds is 8. The molecule has 0 bridgehead atoms. The van der Waals surface area contributed by atoms with Crippen LogP contribution in [0.5, 0.6) is 5.75 Å². The highest BCUT2D eigenvalue weighted by Crippen LogP contribution is 2.26. The molecule has 0 fully saturated rings. The molecule has 1 heterocycles. The van der Waals surface area contributed by atoms with E-state index in [2.05, 4.69) is 15.5 Å². The maximum absolute atomic E-state index is 13.8. The quantitative estimate of drug-likeness (QED) is 0.548. The fourth-order valence-corrected chi connectivity index (χ4v) is 3.49. The third-order valence-electron chi connectivity index (χ3n) is 4.01. The van der Waals surface area contributed by atoms with Gasteiger partial charge < -0.3 is 14.6 Å². The number of aromatic nitrogens is 3. The molecular weight excluding hydrogens is 398 g/mol. The molecule has 3 aromatic rings.